The van der Waals surface area contributed by atoms with Gasteiger partial charge >= 0.3 is 29.6 Å². The summed E-state index contributed by atoms with van der Waals surface area (Å²) in [6.45, 7) is 8.94. The van der Waals surface area contributed by atoms with Gasteiger partial charge in [-0.25, -0.2) is 6.57 Å². The molecule has 0 aliphatic heterocycles. The number of rotatable bonds is 1. The monoisotopic (exact) mass is 135 g/mol. The number of nitrogens with zero attached hydrogens (tertiary/aromatic N) is 1. The Kier molecular flexibility index (Phi) is 5.06. The molecule has 0 aromatic carbocycles. The molecule has 0 aliphatic carbocycles. The first-order valence-corrected chi connectivity index (χ1v) is 2.11. The van der Waals surface area contributed by atoms with Crippen molar-refractivity contribution >= 4 is 5.97 Å². The molecule has 0 N–H and O–H groups in total. The maximum atomic E-state index is 9.93. The van der Waals surface area contributed by atoms with Crippen molar-refractivity contribution in [2.24, 2.45) is 0 Å². The smallest absolute Gasteiger partial charge is 0.542 e. The Bertz CT molecular complexity index is 148. The molecule has 0 unspecified atom stereocenters. The molecule has 44 valence electrons. The van der Waals surface area contributed by atoms with Crippen molar-refractivity contribution in [2.45, 2.75) is 19.4 Å². The van der Waals surface area contributed by atoms with E-state index >= 15 is 0 Å². The van der Waals surface area contributed by atoms with Gasteiger partial charge in [-0.15, -0.1) is 0 Å². The summed E-state index contributed by atoms with van der Waals surface area (Å²) in [6.07, 6.45) is 0. The van der Waals surface area contributed by atoms with Crippen molar-refractivity contribution < 1.29 is 39.5 Å². The van der Waals surface area contributed by atoms with E-state index in [-0.39, 0.29) is 29.6 Å². The summed E-state index contributed by atoms with van der Waals surface area (Å²) in [7, 11) is 0. The van der Waals surface area contributed by atoms with Crippen molar-refractivity contribution in [1.82, 2.24) is 0 Å². The van der Waals surface area contributed by atoms with Gasteiger partial charge in [-0.3, -0.25) is 0 Å². The van der Waals surface area contributed by atoms with Crippen LogP contribution in [0, 0.1) is 6.57 Å². The normalized spacial score (nSPS) is 9.00. The fourth-order valence-corrected chi connectivity index (χ4v) is 0.0456. The van der Waals surface area contributed by atoms with Crippen LogP contribution in [-0.2, 0) is 4.79 Å². The molecule has 0 saturated heterocycles. The van der Waals surface area contributed by atoms with Gasteiger partial charge in [0.05, 0.1) is 0 Å². The zero-order valence-electron chi connectivity index (χ0n) is 5.76. The fourth-order valence-electron chi connectivity index (χ4n) is 0.0456. The minimum absolute atomic E-state index is 0. The average Bonchev–Trinajstić information content (AvgIpc) is 1.67. The van der Waals surface area contributed by atoms with Crippen LogP contribution in [0.3, 0.4) is 0 Å². The molecule has 0 radical (unpaired) electrons. The van der Waals surface area contributed by atoms with E-state index in [9.17, 15) is 9.90 Å². The molecule has 4 heteroatoms. The Hall–Kier alpha value is -0.0400. The summed E-state index contributed by atoms with van der Waals surface area (Å²) in [5.41, 5.74) is -1.36. The summed E-state index contributed by atoms with van der Waals surface area (Å²) in [6, 6.07) is 0. The number of carboxylic acids is 1. The molecule has 0 bridgehead atoms. The zero-order chi connectivity index (χ0) is 6.78. The van der Waals surface area contributed by atoms with Gasteiger partial charge in [-0.1, -0.05) is 0 Å². The van der Waals surface area contributed by atoms with Crippen molar-refractivity contribution in [3.63, 3.8) is 0 Å². The van der Waals surface area contributed by atoms with E-state index in [2.05, 4.69) is 4.85 Å². The van der Waals surface area contributed by atoms with Crippen LogP contribution in [0.25, 0.3) is 4.85 Å². The molecule has 0 saturated carbocycles. The first-order chi connectivity index (χ1) is 3.50. The molecule has 3 nitrogen and oxygen atoms in total. The Balaban J connectivity index is 0. The molecule has 0 aromatic heterocycles. The Morgan fingerprint density at radius 1 is 1.67 bits per heavy atom. The van der Waals surface area contributed by atoms with E-state index in [0.717, 1.165) is 0 Å². The van der Waals surface area contributed by atoms with E-state index in [0.29, 0.717) is 0 Å². The van der Waals surface area contributed by atoms with Gasteiger partial charge in [0, 0.05) is 13.8 Å². The molecular formula is C5H6NNaO2. The Morgan fingerprint density at radius 3 is 2.00 bits per heavy atom. The average molecular weight is 135 g/mol. The largest absolute Gasteiger partial charge is 1.00 e. The molecule has 0 aromatic rings. The van der Waals surface area contributed by atoms with Crippen LogP contribution in [0.4, 0.5) is 0 Å². The second-order valence-electron chi connectivity index (χ2n) is 1.96. The van der Waals surface area contributed by atoms with Gasteiger partial charge in [0.2, 0.25) is 0 Å². The van der Waals surface area contributed by atoms with Gasteiger partial charge in [-0.2, -0.15) is 0 Å². The molecule has 0 amide bonds. The summed E-state index contributed by atoms with van der Waals surface area (Å²) in [5.74, 6) is -1.33. The topological polar surface area (TPSA) is 44.5 Å². The predicted molar refractivity (Wildman–Crippen MR) is 25.7 cm³/mol. The van der Waals surface area contributed by atoms with Gasteiger partial charge < -0.3 is 14.7 Å². The second kappa shape index (κ2) is 3.89. The molecule has 0 heterocycles. The van der Waals surface area contributed by atoms with E-state index in [1.54, 1.807) is 0 Å². The molecule has 0 spiro atoms. The number of carbonyl (C=O) groups excluding carboxylic acids is 1. The molecule has 0 fully saturated rings. The van der Waals surface area contributed by atoms with E-state index in [4.69, 9.17) is 6.57 Å². The van der Waals surface area contributed by atoms with Crippen molar-refractivity contribution in [3.05, 3.63) is 11.4 Å². The quantitative estimate of drug-likeness (QED) is 0.276. The van der Waals surface area contributed by atoms with Gasteiger partial charge in [0.25, 0.3) is 5.54 Å². The van der Waals surface area contributed by atoms with E-state index in [1.165, 1.54) is 13.8 Å². The number of carbonyl (C=O) groups is 1. The van der Waals surface area contributed by atoms with Crippen LogP contribution in [-0.4, -0.2) is 11.5 Å². The Morgan fingerprint density at radius 2 is 2.00 bits per heavy atom. The number of hydrogen-bond acceptors (Lipinski definition) is 2. The van der Waals surface area contributed by atoms with Crippen molar-refractivity contribution in [3.8, 4) is 0 Å². The zero-order valence-corrected chi connectivity index (χ0v) is 7.76. The first kappa shape index (κ1) is 11.7. The van der Waals surface area contributed by atoms with Crippen LogP contribution in [0.2, 0.25) is 0 Å². The van der Waals surface area contributed by atoms with Gasteiger partial charge in [-0.05, 0) is 0 Å². The summed E-state index contributed by atoms with van der Waals surface area (Å²) in [5, 5.41) is 9.93. The third-order valence-corrected chi connectivity index (χ3v) is 0.779. The fraction of sp³-hybridized carbons (Fsp3) is 0.600. The minimum Gasteiger partial charge on any atom is -0.542 e. The third kappa shape index (κ3) is 3.52. The maximum absolute atomic E-state index is 9.93. The number of hydrogen-bond donors (Lipinski definition) is 0. The molecule has 0 atom stereocenters. The molecule has 0 aliphatic rings. The predicted octanol–water partition coefficient (Wildman–Crippen LogP) is -3.56. The van der Waals surface area contributed by atoms with Gasteiger partial charge in [0.1, 0.15) is 5.97 Å². The van der Waals surface area contributed by atoms with E-state index < -0.39 is 11.5 Å². The first-order valence-electron chi connectivity index (χ1n) is 2.11. The standard InChI is InChI=1S/C5H7NO2.Na/c1-5(2,6-3)4(7)8;/h1-2H3,(H,7,8);/q;+1/p-1. The SMILES string of the molecule is [C-]#[N+]C(C)(C)C(=O)[O-].[Na+]. The van der Waals surface area contributed by atoms with Crippen LogP contribution in [0.1, 0.15) is 13.8 Å². The Labute approximate surface area is 76.2 Å². The number of carboxylic acid groups (broad SMARTS) is 1. The molecule has 0 rings (SSSR count). The number of aliphatic carboxylic acids is 1. The maximum Gasteiger partial charge on any atom is 1.00 e. The van der Waals surface area contributed by atoms with E-state index in [1.807, 2.05) is 0 Å². The van der Waals surface area contributed by atoms with Crippen molar-refractivity contribution in [1.29, 1.82) is 0 Å². The second-order valence-corrected chi connectivity index (χ2v) is 1.96. The third-order valence-electron chi connectivity index (χ3n) is 0.779. The minimum atomic E-state index is -1.36. The van der Waals surface area contributed by atoms with Crippen molar-refractivity contribution in [2.75, 3.05) is 0 Å². The van der Waals surface area contributed by atoms with Crippen LogP contribution in [0.5, 0.6) is 0 Å². The van der Waals surface area contributed by atoms with Crippen LogP contribution in [0.15, 0.2) is 0 Å². The summed E-state index contributed by atoms with van der Waals surface area (Å²) >= 11 is 0. The summed E-state index contributed by atoms with van der Waals surface area (Å²) in [4.78, 5) is 12.7. The van der Waals surface area contributed by atoms with Crippen LogP contribution >= 0.6 is 0 Å². The summed E-state index contributed by atoms with van der Waals surface area (Å²) < 4.78 is 0. The molecular weight excluding hydrogens is 129 g/mol. The molecule has 9 heavy (non-hydrogen) atoms. The van der Waals surface area contributed by atoms with Crippen LogP contribution < -0.4 is 34.7 Å². The van der Waals surface area contributed by atoms with Gasteiger partial charge in [0.15, 0.2) is 0 Å².